The van der Waals surface area contributed by atoms with E-state index in [9.17, 15) is 17.6 Å². The zero-order chi connectivity index (χ0) is 21.9. The van der Waals surface area contributed by atoms with E-state index in [0.717, 1.165) is 10.9 Å². The summed E-state index contributed by atoms with van der Waals surface area (Å²) in [5, 5.41) is 4.31. The smallest absolute Gasteiger partial charge is 0.262 e. The summed E-state index contributed by atoms with van der Waals surface area (Å²) < 4.78 is 47.1. The second-order valence-electron chi connectivity index (χ2n) is 6.30. The van der Waals surface area contributed by atoms with Gasteiger partial charge in [-0.2, -0.15) is 5.10 Å². The molecule has 0 radical (unpaired) electrons. The number of methoxy groups -OCH3 is 1. The van der Waals surface area contributed by atoms with Crippen LogP contribution in [-0.2, 0) is 21.4 Å². The van der Waals surface area contributed by atoms with Crippen LogP contribution in [-0.4, -0.2) is 37.0 Å². The Morgan fingerprint density at radius 1 is 1.30 bits per heavy atom. The lowest BCUT2D eigenvalue weighted by Gasteiger charge is -2.22. The second kappa shape index (κ2) is 9.15. The molecule has 0 atom stereocenters. The highest BCUT2D eigenvalue weighted by Crippen LogP contribution is 2.30. The van der Waals surface area contributed by atoms with Gasteiger partial charge in [0.15, 0.2) is 11.6 Å². The molecule has 1 amide bonds. The number of nitrogens with zero attached hydrogens (tertiary/aromatic N) is 3. The molecular formula is C19H19ClFN3O4S2. The number of thiophene rings is 1. The highest BCUT2D eigenvalue weighted by Gasteiger charge is 2.29. The first-order chi connectivity index (χ1) is 14.2. The number of hydrogen-bond donors (Lipinski definition) is 0. The van der Waals surface area contributed by atoms with Crippen LogP contribution in [0.3, 0.4) is 0 Å². The van der Waals surface area contributed by atoms with Crippen molar-refractivity contribution < 1.29 is 22.3 Å². The van der Waals surface area contributed by atoms with E-state index in [2.05, 4.69) is 5.10 Å². The Kier molecular flexibility index (Phi) is 6.79. The van der Waals surface area contributed by atoms with Crippen LogP contribution in [0.15, 0.2) is 42.6 Å². The molecule has 0 unspecified atom stereocenters. The van der Waals surface area contributed by atoms with Crippen LogP contribution in [0.4, 0.5) is 10.1 Å². The summed E-state index contributed by atoms with van der Waals surface area (Å²) in [5.74, 6) is -1.84. The Morgan fingerprint density at radius 3 is 2.67 bits per heavy atom. The summed E-state index contributed by atoms with van der Waals surface area (Å²) in [5.41, 5.74) is 0.516. The third kappa shape index (κ3) is 4.82. The molecule has 3 rings (SSSR count). The molecule has 2 heterocycles. The summed E-state index contributed by atoms with van der Waals surface area (Å²) in [6.07, 6.45) is 1.87. The van der Waals surface area contributed by atoms with Crippen molar-refractivity contribution in [3.63, 3.8) is 0 Å². The van der Waals surface area contributed by atoms with Gasteiger partial charge in [0.2, 0.25) is 10.0 Å². The van der Waals surface area contributed by atoms with Crippen molar-refractivity contribution in [2.75, 3.05) is 17.2 Å². The van der Waals surface area contributed by atoms with Gasteiger partial charge < -0.3 is 4.74 Å². The average molecular weight is 472 g/mol. The van der Waals surface area contributed by atoms with Crippen molar-refractivity contribution in [2.24, 2.45) is 0 Å². The number of halogens is 2. The number of anilines is 1. The van der Waals surface area contributed by atoms with E-state index in [4.69, 9.17) is 16.3 Å². The zero-order valence-electron chi connectivity index (χ0n) is 16.2. The molecule has 2 aromatic heterocycles. The fraction of sp³-hybridized carbons (Fsp3) is 0.263. The first-order valence-electron chi connectivity index (χ1n) is 8.93. The summed E-state index contributed by atoms with van der Waals surface area (Å²) in [7, 11) is -2.71. The van der Waals surface area contributed by atoms with Gasteiger partial charge in [-0.1, -0.05) is 18.5 Å². The molecule has 0 aliphatic heterocycles. The standard InChI is InChI=1S/C19H19ClFN3O4S2/c1-3-10-30(26,27)24(13-4-5-16(28-2)14(21)11-13)19(25)12-23-9-8-15(22-23)17-6-7-18(20)29-17/h4-9,11H,3,10,12H2,1-2H3. The number of aromatic nitrogens is 2. The Morgan fingerprint density at radius 2 is 2.07 bits per heavy atom. The van der Waals surface area contributed by atoms with E-state index in [1.54, 1.807) is 31.3 Å². The van der Waals surface area contributed by atoms with Crippen LogP contribution in [0.5, 0.6) is 5.75 Å². The molecule has 1 aromatic carbocycles. The lowest BCUT2D eigenvalue weighted by Crippen LogP contribution is -2.40. The largest absolute Gasteiger partial charge is 0.494 e. The van der Waals surface area contributed by atoms with Gasteiger partial charge in [0.1, 0.15) is 12.2 Å². The maximum absolute atomic E-state index is 14.2. The van der Waals surface area contributed by atoms with E-state index in [1.807, 2.05) is 0 Å². The van der Waals surface area contributed by atoms with Crippen molar-refractivity contribution in [1.82, 2.24) is 9.78 Å². The molecule has 0 fully saturated rings. The van der Waals surface area contributed by atoms with Crippen molar-refractivity contribution >= 4 is 44.6 Å². The van der Waals surface area contributed by atoms with E-state index in [0.29, 0.717) is 20.8 Å². The fourth-order valence-electron chi connectivity index (χ4n) is 2.83. The normalized spacial score (nSPS) is 11.5. The molecule has 30 heavy (non-hydrogen) atoms. The van der Waals surface area contributed by atoms with Gasteiger partial charge in [-0.05, 0) is 36.8 Å². The highest BCUT2D eigenvalue weighted by molar-refractivity contribution is 7.93. The molecule has 7 nitrogen and oxygen atoms in total. The minimum Gasteiger partial charge on any atom is -0.494 e. The first-order valence-corrected chi connectivity index (χ1v) is 11.7. The van der Waals surface area contributed by atoms with Crippen molar-refractivity contribution in [3.8, 4) is 16.3 Å². The predicted octanol–water partition coefficient (Wildman–Crippen LogP) is 4.19. The van der Waals surface area contributed by atoms with Crippen LogP contribution in [0.1, 0.15) is 13.3 Å². The van der Waals surface area contributed by atoms with Crippen molar-refractivity contribution in [3.05, 3.63) is 52.7 Å². The minimum absolute atomic E-state index is 0.0506. The van der Waals surface area contributed by atoms with Gasteiger partial charge >= 0.3 is 0 Å². The molecule has 0 saturated heterocycles. The Hall–Kier alpha value is -2.43. The van der Waals surface area contributed by atoms with Crippen LogP contribution >= 0.6 is 22.9 Å². The summed E-state index contributed by atoms with van der Waals surface area (Å²) >= 11 is 7.28. The SMILES string of the molecule is CCCS(=O)(=O)N(C(=O)Cn1ccc(-c2ccc(Cl)s2)n1)c1ccc(OC)c(F)c1. The quantitative estimate of drug-likeness (QED) is 0.492. The summed E-state index contributed by atoms with van der Waals surface area (Å²) in [6, 6.07) is 8.82. The molecule has 11 heteroatoms. The molecular weight excluding hydrogens is 453 g/mol. The van der Waals surface area contributed by atoms with Gasteiger partial charge in [-0.3, -0.25) is 9.48 Å². The maximum atomic E-state index is 14.2. The molecule has 0 N–H and O–H groups in total. The summed E-state index contributed by atoms with van der Waals surface area (Å²) in [6.45, 7) is 1.34. The average Bonchev–Trinajstić information content (AvgIpc) is 3.30. The van der Waals surface area contributed by atoms with Crippen LogP contribution in [0, 0.1) is 5.82 Å². The second-order valence-corrected chi connectivity index (χ2v) is 9.95. The highest BCUT2D eigenvalue weighted by atomic mass is 35.5. The number of ether oxygens (including phenoxy) is 1. The molecule has 0 aliphatic carbocycles. The maximum Gasteiger partial charge on any atom is 0.262 e. The fourth-order valence-corrected chi connectivity index (χ4v) is 5.34. The number of benzene rings is 1. The first kappa shape index (κ1) is 22.3. The van der Waals surface area contributed by atoms with Crippen molar-refractivity contribution in [1.29, 1.82) is 0 Å². The van der Waals surface area contributed by atoms with Gasteiger partial charge in [0, 0.05) is 12.3 Å². The number of sulfonamides is 1. The Bertz CT molecular complexity index is 1160. The van der Waals surface area contributed by atoms with Crippen LogP contribution in [0.25, 0.3) is 10.6 Å². The molecule has 0 aliphatic rings. The van der Waals surface area contributed by atoms with E-state index in [1.165, 1.54) is 35.3 Å². The van der Waals surface area contributed by atoms with Gasteiger partial charge in [-0.25, -0.2) is 17.1 Å². The number of hydrogen-bond acceptors (Lipinski definition) is 6. The van der Waals surface area contributed by atoms with Crippen LogP contribution in [0.2, 0.25) is 4.34 Å². The predicted molar refractivity (Wildman–Crippen MR) is 115 cm³/mol. The molecule has 0 bridgehead atoms. The molecule has 0 saturated carbocycles. The molecule has 160 valence electrons. The number of carbonyl (C=O) groups is 1. The van der Waals surface area contributed by atoms with E-state index >= 15 is 0 Å². The third-order valence-electron chi connectivity index (χ3n) is 4.10. The summed E-state index contributed by atoms with van der Waals surface area (Å²) in [4.78, 5) is 13.8. The van der Waals surface area contributed by atoms with Crippen molar-refractivity contribution in [2.45, 2.75) is 19.9 Å². The van der Waals surface area contributed by atoms with Gasteiger partial charge in [0.05, 0.1) is 27.8 Å². The van der Waals surface area contributed by atoms with Crippen LogP contribution < -0.4 is 9.04 Å². The van der Waals surface area contributed by atoms with E-state index < -0.39 is 21.7 Å². The lowest BCUT2D eigenvalue weighted by molar-refractivity contribution is -0.118. The third-order valence-corrected chi connectivity index (χ3v) is 7.25. The number of rotatable bonds is 8. The minimum atomic E-state index is -4.00. The van der Waals surface area contributed by atoms with Gasteiger partial charge in [-0.15, -0.1) is 11.3 Å². The van der Waals surface area contributed by atoms with Gasteiger partial charge in [0.25, 0.3) is 5.91 Å². The molecule has 3 aromatic rings. The lowest BCUT2D eigenvalue weighted by atomic mass is 10.3. The zero-order valence-corrected chi connectivity index (χ0v) is 18.6. The Labute approximate surface area is 182 Å². The molecule has 0 spiro atoms. The topological polar surface area (TPSA) is 81.5 Å². The number of amides is 1. The number of carbonyl (C=O) groups excluding carboxylic acids is 1. The Balaban J connectivity index is 1.91. The monoisotopic (exact) mass is 471 g/mol. The van der Waals surface area contributed by atoms with E-state index in [-0.39, 0.29) is 23.7 Å².